The average Bonchev–Trinajstić information content (AvgIpc) is 2.65. The average molecular weight is 523 g/mol. The van der Waals surface area contributed by atoms with Gasteiger partial charge in [-0.1, -0.05) is 0 Å². The third-order valence-corrected chi connectivity index (χ3v) is 6.88. The topological polar surface area (TPSA) is 232 Å². The molecule has 0 heterocycles. The van der Waals surface area contributed by atoms with Crippen molar-refractivity contribution in [2.24, 2.45) is 10.2 Å². The van der Waals surface area contributed by atoms with Gasteiger partial charge in [-0.05, 0) is 36.4 Å². The van der Waals surface area contributed by atoms with Gasteiger partial charge >= 0.3 is 10.4 Å². The number of nitrogens with two attached hydrogens (primary N) is 1. The number of amides is 1. The summed E-state index contributed by atoms with van der Waals surface area (Å²) in [5.41, 5.74) is 5.14. The molecule has 14 nitrogen and oxygen atoms in total. The van der Waals surface area contributed by atoms with Crippen molar-refractivity contribution in [3.8, 4) is 0 Å². The number of hydrogen-bond acceptors (Lipinski definition) is 11. The van der Waals surface area contributed by atoms with Crippen molar-refractivity contribution in [2.75, 3.05) is 23.4 Å². The number of carbonyl (C=O) groups excluding carboxylic acids is 1. The van der Waals surface area contributed by atoms with Gasteiger partial charge in [-0.2, -0.15) is 21.9 Å². The smallest absolute Gasteiger partial charge is 0.396 e. The fourth-order valence-electron chi connectivity index (χ4n) is 2.41. The van der Waals surface area contributed by atoms with Crippen molar-refractivity contribution in [3.05, 3.63) is 36.4 Å². The molecule has 0 aliphatic rings. The Morgan fingerprint density at radius 2 is 1.61 bits per heavy atom. The molecule has 0 fully saturated rings. The van der Waals surface area contributed by atoms with Crippen LogP contribution in [-0.4, -0.2) is 52.6 Å². The fourth-order valence-corrected chi connectivity index (χ4v) is 4.51. The molecule has 0 unspecified atom stereocenters. The third kappa shape index (κ3) is 7.55. The number of nitrogens with one attached hydrogen (secondary N) is 1. The summed E-state index contributed by atoms with van der Waals surface area (Å²) in [6, 6.07) is 6.88. The first-order valence-electron chi connectivity index (χ1n) is 8.64. The summed E-state index contributed by atoms with van der Waals surface area (Å²) < 4.78 is 90.1. The summed E-state index contributed by atoms with van der Waals surface area (Å²) in [7, 11) is -13.4. The maximum Gasteiger partial charge on any atom is 0.397 e. The summed E-state index contributed by atoms with van der Waals surface area (Å²) in [5.74, 6) is -1.25. The van der Waals surface area contributed by atoms with Crippen LogP contribution in [0, 0.1) is 0 Å². The van der Waals surface area contributed by atoms with Gasteiger partial charge in [-0.25, -0.2) is 12.6 Å². The van der Waals surface area contributed by atoms with Crippen LogP contribution < -0.4 is 11.1 Å². The van der Waals surface area contributed by atoms with Gasteiger partial charge in [0.1, 0.15) is 10.6 Å². The Bertz CT molecular complexity index is 1400. The second kappa shape index (κ2) is 9.89. The molecular formula is C16H18N4O10S3. The highest BCUT2D eigenvalue weighted by Gasteiger charge is 2.20. The Morgan fingerprint density at radius 3 is 2.12 bits per heavy atom. The number of sulfone groups is 1. The van der Waals surface area contributed by atoms with Crippen LogP contribution >= 0.6 is 0 Å². The zero-order valence-electron chi connectivity index (χ0n) is 16.7. The van der Waals surface area contributed by atoms with E-state index in [4.69, 9.17) is 10.3 Å². The SMILES string of the molecule is CC(=O)Nc1ccc(S(=O)(=O)O)c(N)c1N=Nc1ccc(S(=O)(=O)CCOS(=O)(=O)O)cc1. The first-order chi connectivity index (χ1) is 15.1. The number of nitrogens with zero attached hydrogens (tertiary/aromatic N) is 2. The lowest BCUT2D eigenvalue weighted by molar-refractivity contribution is -0.114. The Balaban J connectivity index is 2.33. The molecule has 0 saturated heterocycles. The summed E-state index contributed by atoms with van der Waals surface area (Å²) in [6.45, 7) is 0.395. The quantitative estimate of drug-likeness (QED) is 0.209. The van der Waals surface area contributed by atoms with Crippen LogP contribution in [0.15, 0.2) is 56.4 Å². The lowest BCUT2D eigenvalue weighted by Crippen LogP contribution is -2.15. The van der Waals surface area contributed by atoms with Crippen LogP contribution in [0.2, 0.25) is 0 Å². The zero-order chi connectivity index (χ0) is 25.0. The molecule has 5 N–H and O–H groups in total. The number of hydrogen-bond donors (Lipinski definition) is 4. The van der Waals surface area contributed by atoms with Crippen LogP contribution in [0.4, 0.5) is 22.7 Å². The van der Waals surface area contributed by atoms with Gasteiger partial charge in [0.05, 0.1) is 34.3 Å². The number of carbonyl (C=O) groups is 1. The number of benzene rings is 2. The highest BCUT2D eigenvalue weighted by Crippen LogP contribution is 2.37. The van der Waals surface area contributed by atoms with Crippen molar-refractivity contribution >= 4 is 59.0 Å². The van der Waals surface area contributed by atoms with Crippen LogP contribution in [0.5, 0.6) is 0 Å². The van der Waals surface area contributed by atoms with E-state index in [1.165, 1.54) is 19.1 Å². The minimum atomic E-state index is -4.78. The van der Waals surface area contributed by atoms with E-state index in [1.54, 1.807) is 0 Å². The van der Waals surface area contributed by atoms with E-state index in [-0.39, 0.29) is 22.0 Å². The molecule has 0 aromatic heterocycles. The Hall–Kier alpha value is -2.96. The highest BCUT2D eigenvalue weighted by molar-refractivity contribution is 7.91. The van der Waals surface area contributed by atoms with E-state index >= 15 is 0 Å². The van der Waals surface area contributed by atoms with Crippen LogP contribution in [-0.2, 0) is 39.3 Å². The van der Waals surface area contributed by atoms with Crippen LogP contribution in [0.25, 0.3) is 0 Å². The van der Waals surface area contributed by atoms with Gasteiger partial charge in [0, 0.05) is 6.92 Å². The predicted octanol–water partition coefficient (Wildman–Crippen LogP) is 1.48. The maximum atomic E-state index is 12.2. The number of azo groups is 1. The first kappa shape index (κ1) is 26.3. The standard InChI is InChI=1S/C16H18N4O10S3/c1-10(21)18-13-6-7-14(32(24,25)26)15(17)16(13)20-19-11-2-4-12(5-3-11)31(22,23)9-8-30-33(27,28)29/h2-7H,8-9,17H2,1H3,(H,18,21)(H,24,25,26)(H,27,28,29). The van der Waals surface area contributed by atoms with Crippen molar-refractivity contribution in [2.45, 2.75) is 16.7 Å². The van der Waals surface area contributed by atoms with E-state index in [0.717, 1.165) is 24.3 Å². The van der Waals surface area contributed by atoms with E-state index in [9.17, 15) is 34.6 Å². The zero-order valence-corrected chi connectivity index (χ0v) is 19.2. The molecule has 0 atom stereocenters. The second-order valence-corrected chi connectivity index (χ2v) is 10.9. The van der Waals surface area contributed by atoms with Gasteiger partial charge in [0.2, 0.25) is 5.91 Å². The van der Waals surface area contributed by atoms with Gasteiger partial charge in [0.25, 0.3) is 10.1 Å². The van der Waals surface area contributed by atoms with E-state index < -0.39 is 59.2 Å². The number of anilines is 2. The number of nitrogen functional groups attached to an aromatic ring is 1. The van der Waals surface area contributed by atoms with Crippen LogP contribution in [0.3, 0.4) is 0 Å². The molecular weight excluding hydrogens is 504 g/mol. The fraction of sp³-hybridized carbons (Fsp3) is 0.188. The highest BCUT2D eigenvalue weighted by atomic mass is 32.3. The molecule has 0 bridgehead atoms. The molecule has 2 rings (SSSR count). The summed E-state index contributed by atoms with van der Waals surface area (Å²) >= 11 is 0. The summed E-state index contributed by atoms with van der Waals surface area (Å²) in [5, 5.41) is 10.0. The molecule has 0 aliphatic heterocycles. The molecule has 180 valence electrons. The van der Waals surface area contributed by atoms with Crippen molar-refractivity contribution in [3.63, 3.8) is 0 Å². The van der Waals surface area contributed by atoms with Crippen molar-refractivity contribution < 1.29 is 43.3 Å². The summed E-state index contributed by atoms with van der Waals surface area (Å²) in [6.07, 6.45) is 0. The molecule has 0 radical (unpaired) electrons. The molecule has 0 saturated carbocycles. The van der Waals surface area contributed by atoms with Gasteiger partial charge in [-0.3, -0.25) is 13.9 Å². The molecule has 0 aliphatic carbocycles. The largest absolute Gasteiger partial charge is 0.397 e. The Labute approximate surface area is 189 Å². The van der Waals surface area contributed by atoms with E-state index in [2.05, 4.69) is 19.7 Å². The molecule has 33 heavy (non-hydrogen) atoms. The molecule has 0 spiro atoms. The minimum Gasteiger partial charge on any atom is -0.396 e. The van der Waals surface area contributed by atoms with Crippen LogP contribution in [0.1, 0.15) is 6.92 Å². The Kier molecular flexibility index (Phi) is 7.88. The number of rotatable bonds is 9. The van der Waals surface area contributed by atoms with Crippen molar-refractivity contribution in [1.82, 2.24) is 0 Å². The Morgan fingerprint density at radius 1 is 1.00 bits per heavy atom. The monoisotopic (exact) mass is 522 g/mol. The lowest BCUT2D eigenvalue weighted by atomic mass is 10.2. The molecule has 17 heteroatoms. The second-order valence-electron chi connectivity index (χ2n) is 6.29. The first-order valence-corrected chi connectivity index (χ1v) is 13.1. The summed E-state index contributed by atoms with van der Waals surface area (Å²) in [4.78, 5) is 10.5. The molecule has 2 aromatic rings. The minimum absolute atomic E-state index is 0.00850. The lowest BCUT2D eigenvalue weighted by Gasteiger charge is -2.11. The van der Waals surface area contributed by atoms with Crippen molar-refractivity contribution in [1.29, 1.82) is 0 Å². The normalized spacial score (nSPS) is 12.7. The van der Waals surface area contributed by atoms with Gasteiger partial charge in [0.15, 0.2) is 9.84 Å². The molecule has 2 aromatic carbocycles. The maximum absolute atomic E-state index is 12.2. The van der Waals surface area contributed by atoms with Gasteiger partial charge < -0.3 is 11.1 Å². The third-order valence-electron chi connectivity index (χ3n) is 3.81. The van der Waals surface area contributed by atoms with E-state index in [0.29, 0.717) is 0 Å². The van der Waals surface area contributed by atoms with Gasteiger partial charge in [-0.15, -0.1) is 5.11 Å². The van der Waals surface area contributed by atoms with E-state index in [1.807, 2.05) is 0 Å². The molecule has 1 amide bonds. The predicted molar refractivity (Wildman–Crippen MR) is 115 cm³/mol.